The molecule has 1 heterocycles. The molecular formula is C15H19N3O2. The minimum Gasteiger partial charge on any atom is -0.473 e. The second-order valence-corrected chi connectivity index (χ2v) is 4.42. The Morgan fingerprint density at radius 2 is 2.00 bits per heavy atom. The molecule has 1 unspecified atom stereocenters. The molecule has 0 aliphatic carbocycles. The van der Waals surface area contributed by atoms with Crippen LogP contribution in [0.25, 0.3) is 0 Å². The molecule has 0 saturated heterocycles. The Morgan fingerprint density at radius 1 is 1.20 bits per heavy atom. The van der Waals surface area contributed by atoms with Gasteiger partial charge in [0.2, 0.25) is 11.8 Å². The first-order chi connectivity index (χ1) is 9.78. The van der Waals surface area contributed by atoms with E-state index in [1.54, 1.807) is 19.4 Å². The van der Waals surface area contributed by atoms with Crippen LogP contribution in [-0.4, -0.2) is 29.7 Å². The van der Waals surface area contributed by atoms with E-state index in [2.05, 4.69) is 15.3 Å². The third-order valence-electron chi connectivity index (χ3n) is 2.81. The van der Waals surface area contributed by atoms with E-state index >= 15 is 0 Å². The number of benzene rings is 1. The van der Waals surface area contributed by atoms with Crippen molar-refractivity contribution in [1.82, 2.24) is 9.97 Å². The quantitative estimate of drug-likeness (QED) is 0.840. The predicted molar refractivity (Wildman–Crippen MR) is 77.8 cm³/mol. The Labute approximate surface area is 119 Å². The topological polar surface area (TPSA) is 56.3 Å². The number of hydrogen-bond donors (Lipinski definition) is 1. The summed E-state index contributed by atoms with van der Waals surface area (Å²) in [5, 5.41) is 3.11. The van der Waals surface area contributed by atoms with E-state index in [0.29, 0.717) is 25.0 Å². The molecule has 0 aliphatic rings. The molecule has 0 bridgehead atoms. The van der Waals surface area contributed by atoms with Gasteiger partial charge in [-0.15, -0.1) is 0 Å². The summed E-state index contributed by atoms with van der Waals surface area (Å²) in [6, 6.07) is 11.7. The number of nitrogens with zero attached hydrogens (tertiary/aromatic N) is 2. The SMILES string of the molecule is COC(C)CNc1nccc(OCc2ccccc2)n1. The van der Waals surface area contributed by atoms with Gasteiger partial charge in [-0.25, -0.2) is 4.98 Å². The van der Waals surface area contributed by atoms with Crippen LogP contribution in [0, 0.1) is 0 Å². The third kappa shape index (κ3) is 4.51. The fourth-order valence-electron chi connectivity index (χ4n) is 1.56. The summed E-state index contributed by atoms with van der Waals surface area (Å²) < 4.78 is 10.8. The van der Waals surface area contributed by atoms with Crippen LogP contribution in [0.5, 0.6) is 5.88 Å². The molecular weight excluding hydrogens is 254 g/mol. The Balaban J connectivity index is 1.89. The molecule has 20 heavy (non-hydrogen) atoms. The molecule has 2 aromatic rings. The van der Waals surface area contributed by atoms with Crippen LogP contribution in [0.2, 0.25) is 0 Å². The summed E-state index contributed by atoms with van der Waals surface area (Å²) in [5.41, 5.74) is 1.11. The second kappa shape index (κ2) is 7.45. The summed E-state index contributed by atoms with van der Waals surface area (Å²) in [6.45, 7) is 3.12. The van der Waals surface area contributed by atoms with Gasteiger partial charge in [-0.2, -0.15) is 4.98 Å². The van der Waals surface area contributed by atoms with Gasteiger partial charge in [-0.1, -0.05) is 30.3 Å². The van der Waals surface area contributed by atoms with Gasteiger partial charge < -0.3 is 14.8 Å². The molecule has 0 aliphatic heterocycles. The monoisotopic (exact) mass is 273 g/mol. The highest BCUT2D eigenvalue weighted by Gasteiger charge is 2.03. The van der Waals surface area contributed by atoms with E-state index in [1.165, 1.54) is 0 Å². The van der Waals surface area contributed by atoms with Gasteiger partial charge in [0, 0.05) is 25.9 Å². The van der Waals surface area contributed by atoms with Gasteiger partial charge in [0.1, 0.15) is 6.61 Å². The normalized spacial score (nSPS) is 11.9. The molecule has 1 atom stereocenters. The van der Waals surface area contributed by atoms with Gasteiger partial charge in [-0.3, -0.25) is 0 Å². The molecule has 1 aromatic heterocycles. The number of rotatable bonds is 7. The predicted octanol–water partition coefficient (Wildman–Crippen LogP) is 2.50. The highest BCUT2D eigenvalue weighted by atomic mass is 16.5. The lowest BCUT2D eigenvalue weighted by Crippen LogP contribution is -2.19. The van der Waals surface area contributed by atoms with Crippen LogP contribution < -0.4 is 10.1 Å². The van der Waals surface area contributed by atoms with Crippen molar-refractivity contribution < 1.29 is 9.47 Å². The fourth-order valence-corrected chi connectivity index (χ4v) is 1.56. The van der Waals surface area contributed by atoms with E-state index in [0.717, 1.165) is 5.56 Å². The van der Waals surface area contributed by atoms with E-state index in [-0.39, 0.29) is 6.10 Å². The maximum atomic E-state index is 5.64. The van der Waals surface area contributed by atoms with Gasteiger partial charge in [-0.05, 0) is 12.5 Å². The van der Waals surface area contributed by atoms with Crippen molar-refractivity contribution in [1.29, 1.82) is 0 Å². The lowest BCUT2D eigenvalue weighted by molar-refractivity contribution is 0.128. The van der Waals surface area contributed by atoms with Crippen molar-refractivity contribution in [2.75, 3.05) is 19.0 Å². The third-order valence-corrected chi connectivity index (χ3v) is 2.81. The van der Waals surface area contributed by atoms with Gasteiger partial charge in [0.15, 0.2) is 0 Å². The fraction of sp³-hybridized carbons (Fsp3) is 0.333. The molecule has 1 aromatic carbocycles. The smallest absolute Gasteiger partial charge is 0.226 e. The Hall–Kier alpha value is -2.14. The second-order valence-electron chi connectivity index (χ2n) is 4.42. The summed E-state index contributed by atoms with van der Waals surface area (Å²) >= 11 is 0. The van der Waals surface area contributed by atoms with Crippen LogP contribution >= 0.6 is 0 Å². The van der Waals surface area contributed by atoms with Crippen LogP contribution in [0.1, 0.15) is 12.5 Å². The average Bonchev–Trinajstić information content (AvgIpc) is 2.52. The number of hydrogen-bond acceptors (Lipinski definition) is 5. The number of ether oxygens (including phenoxy) is 2. The average molecular weight is 273 g/mol. The van der Waals surface area contributed by atoms with Crippen LogP contribution in [-0.2, 0) is 11.3 Å². The molecule has 0 spiro atoms. The maximum Gasteiger partial charge on any atom is 0.226 e. The Morgan fingerprint density at radius 3 is 2.75 bits per heavy atom. The standard InChI is InChI=1S/C15H19N3O2/c1-12(19-2)10-17-15-16-9-8-14(18-15)20-11-13-6-4-3-5-7-13/h3-9,12H,10-11H2,1-2H3,(H,16,17,18). The first-order valence-electron chi connectivity index (χ1n) is 6.54. The molecule has 2 rings (SSSR count). The highest BCUT2D eigenvalue weighted by molar-refractivity contribution is 5.27. The van der Waals surface area contributed by atoms with Gasteiger partial charge in [0.05, 0.1) is 6.10 Å². The van der Waals surface area contributed by atoms with E-state index in [9.17, 15) is 0 Å². The zero-order valence-electron chi connectivity index (χ0n) is 11.7. The Bertz CT molecular complexity index is 520. The largest absolute Gasteiger partial charge is 0.473 e. The van der Waals surface area contributed by atoms with Crippen molar-refractivity contribution in [3.63, 3.8) is 0 Å². The van der Waals surface area contributed by atoms with Crippen molar-refractivity contribution >= 4 is 5.95 Å². The lowest BCUT2D eigenvalue weighted by Gasteiger charge is -2.11. The highest BCUT2D eigenvalue weighted by Crippen LogP contribution is 2.11. The molecule has 0 radical (unpaired) electrons. The number of nitrogens with one attached hydrogen (secondary N) is 1. The van der Waals surface area contributed by atoms with Crippen molar-refractivity contribution in [3.05, 3.63) is 48.2 Å². The summed E-state index contributed by atoms with van der Waals surface area (Å²) in [7, 11) is 1.67. The molecule has 0 amide bonds. The molecule has 106 valence electrons. The summed E-state index contributed by atoms with van der Waals surface area (Å²) in [6.07, 6.45) is 1.78. The molecule has 5 nitrogen and oxygen atoms in total. The Kier molecular flexibility index (Phi) is 5.32. The van der Waals surface area contributed by atoms with Crippen LogP contribution in [0.3, 0.4) is 0 Å². The van der Waals surface area contributed by atoms with Crippen molar-refractivity contribution in [2.24, 2.45) is 0 Å². The van der Waals surface area contributed by atoms with Crippen LogP contribution in [0.4, 0.5) is 5.95 Å². The molecule has 1 N–H and O–H groups in total. The lowest BCUT2D eigenvalue weighted by atomic mass is 10.2. The minimum absolute atomic E-state index is 0.104. The van der Waals surface area contributed by atoms with E-state index in [4.69, 9.17) is 9.47 Å². The maximum absolute atomic E-state index is 5.64. The first kappa shape index (κ1) is 14.3. The number of aromatic nitrogens is 2. The minimum atomic E-state index is 0.104. The van der Waals surface area contributed by atoms with Crippen molar-refractivity contribution in [2.45, 2.75) is 19.6 Å². The number of anilines is 1. The van der Waals surface area contributed by atoms with Gasteiger partial charge in [0.25, 0.3) is 0 Å². The van der Waals surface area contributed by atoms with E-state index in [1.807, 2.05) is 37.3 Å². The number of methoxy groups -OCH3 is 1. The van der Waals surface area contributed by atoms with Crippen LogP contribution in [0.15, 0.2) is 42.6 Å². The molecule has 0 fully saturated rings. The molecule has 0 saturated carbocycles. The first-order valence-corrected chi connectivity index (χ1v) is 6.54. The zero-order chi connectivity index (χ0) is 14.2. The molecule has 5 heteroatoms. The summed E-state index contributed by atoms with van der Waals surface area (Å²) in [4.78, 5) is 8.44. The zero-order valence-corrected chi connectivity index (χ0v) is 11.7. The van der Waals surface area contributed by atoms with E-state index < -0.39 is 0 Å². The van der Waals surface area contributed by atoms with Gasteiger partial charge >= 0.3 is 0 Å². The summed E-state index contributed by atoms with van der Waals surface area (Å²) in [5.74, 6) is 1.09. The van der Waals surface area contributed by atoms with Crippen molar-refractivity contribution in [3.8, 4) is 5.88 Å².